The topological polar surface area (TPSA) is 38.9 Å². The third kappa shape index (κ3) is 2.09. The normalized spacial score (nSPS) is 11.0. The van der Waals surface area contributed by atoms with E-state index in [9.17, 15) is 0 Å². The number of hydrogen-bond donors (Lipinski definition) is 1. The second-order valence-corrected chi connectivity index (χ2v) is 5.35. The number of thiazole rings is 1. The molecule has 2 rings (SSSR count). The van der Waals surface area contributed by atoms with Gasteiger partial charge in [-0.25, -0.2) is 4.98 Å². The lowest BCUT2D eigenvalue weighted by Gasteiger charge is -2.00. The molecule has 0 saturated heterocycles. The zero-order valence-electron chi connectivity index (χ0n) is 9.82. The van der Waals surface area contributed by atoms with Gasteiger partial charge in [-0.1, -0.05) is 37.6 Å². The summed E-state index contributed by atoms with van der Waals surface area (Å²) in [5.74, 6) is 0.436. The molecule has 1 heterocycles. The molecule has 0 amide bonds. The summed E-state index contributed by atoms with van der Waals surface area (Å²) in [6.07, 6.45) is 0. The number of hydrogen-bond acceptors (Lipinski definition) is 3. The quantitative estimate of drug-likeness (QED) is 0.854. The largest absolute Gasteiger partial charge is 0.389 e. The molecule has 0 saturated carbocycles. The van der Waals surface area contributed by atoms with Gasteiger partial charge in [-0.3, -0.25) is 0 Å². The number of rotatable bonds is 2. The fourth-order valence-corrected chi connectivity index (χ4v) is 2.45. The van der Waals surface area contributed by atoms with Gasteiger partial charge in [-0.15, -0.1) is 11.3 Å². The van der Waals surface area contributed by atoms with Gasteiger partial charge in [0, 0.05) is 11.5 Å². The van der Waals surface area contributed by atoms with Crippen LogP contribution >= 0.6 is 11.3 Å². The standard InChI is InChI=1S/C13H16N2S/c1-8(2)13-15-11(12(14)16-13)10-6-4-5-9(3)7-10/h4-8H,14H2,1-3H3. The molecular weight excluding hydrogens is 216 g/mol. The summed E-state index contributed by atoms with van der Waals surface area (Å²) in [5.41, 5.74) is 9.29. The maximum atomic E-state index is 6.02. The van der Waals surface area contributed by atoms with Crippen molar-refractivity contribution in [1.29, 1.82) is 0 Å². The molecule has 0 atom stereocenters. The molecule has 3 heteroatoms. The molecule has 0 aliphatic rings. The van der Waals surface area contributed by atoms with Crippen LogP contribution in [0, 0.1) is 6.92 Å². The van der Waals surface area contributed by atoms with Crippen LogP contribution in [0.3, 0.4) is 0 Å². The molecule has 2 aromatic rings. The number of aryl methyl sites for hydroxylation is 1. The first-order valence-corrected chi connectivity index (χ1v) is 6.23. The van der Waals surface area contributed by atoms with Gasteiger partial charge in [0.2, 0.25) is 0 Å². The van der Waals surface area contributed by atoms with Crippen molar-refractivity contribution >= 4 is 16.3 Å². The third-order valence-electron chi connectivity index (χ3n) is 2.46. The fourth-order valence-electron chi connectivity index (χ4n) is 1.60. The van der Waals surface area contributed by atoms with Gasteiger partial charge in [0.15, 0.2) is 0 Å². The Hall–Kier alpha value is -1.35. The van der Waals surface area contributed by atoms with Gasteiger partial charge in [-0.2, -0.15) is 0 Å². The van der Waals surface area contributed by atoms with Crippen molar-refractivity contribution in [3.05, 3.63) is 34.8 Å². The summed E-state index contributed by atoms with van der Waals surface area (Å²) in [6.45, 7) is 6.35. The van der Waals surface area contributed by atoms with Gasteiger partial charge >= 0.3 is 0 Å². The first-order valence-electron chi connectivity index (χ1n) is 5.41. The summed E-state index contributed by atoms with van der Waals surface area (Å²) in [6, 6.07) is 8.30. The number of nitrogens with two attached hydrogens (primary N) is 1. The van der Waals surface area contributed by atoms with Gasteiger partial charge in [-0.05, 0) is 13.0 Å². The molecule has 0 bridgehead atoms. The van der Waals surface area contributed by atoms with Gasteiger partial charge in [0.1, 0.15) is 10.7 Å². The van der Waals surface area contributed by atoms with Crippen LogP contribution in [0.5, 0.6) is 0 Å². The van der Waals surface area contributed by atoms with Crippen LogP contribution in [0.2, 0.25) is 0 Å². The van der Waals surface area contributed by atoms with Gasteiger partial charge in [0.05, 0.1) is 5.01 Å². The third-order valence-corrected chi connectivity index (χ3v) is 3.64. The highest BCUT2D eigenvalue weighted by Gasteiger charge is 2.12. The van der Waals surface area contributed by atoms with Crippen molar-refractivity contribution in [2.24, 2.45) is 0 Å². The van der Waals surface area contributed by atoms with Gasteiger partial charge in [0.25, 0.3) is 0 Å². The summed E-state index contributed by atoms with van der Waals surface area (Å²) < 4.78 is 0. The van der Waals surface area contributed by atoms with Crippen LogP contribution in [0.15, 0.2) is 24.3 Å². The smallest absolute Gasteiger partial charge is 0.114 e. The molecule has 16 heavy (non-hydrogen) atoms. The van der Waals surface area contributed by atoms with E-state index in [-0.39, 0.29) is 0 Å². The van der Waals surface area contributed by atoms with E-state index in [1.807, 2.05) is 6.07 Å². The second-order valence-electron chi connectivity index (χ2n) is 4.29. The van der Waals surface area contributed by atoms with Crippen molar-refractivity contribution in [1.82, 2.24) is 4.98 Å². The predicted octanol–water partition coefficient (Wildman–Crippen LogP) is 3.82. The molecule has 0 spiro atoms. The van der Waals surface area contributed by atoms with Crippen molar-refractivity contribution in [3.8, 4) is 11.3 Å². The highest BCUT2D eigenvalue weighted by Crippen LogP contribution is 2.33. The number of nitrogens with zero attached hydrogens (tertiary/aromatic N) is 1. The highest BCUT2D eigenvalue weighted by molar-refractivity contribution is 7.16. The number of nitrogen functional groups attached to an aromatic ring is 1. The molecule has 0 radical (unpaired) electrons. The molecule has 1 aromatic heterocycles. The van der Waals surface area contributed by atoms with Gasteiger partial charge < -0.3 is 5.73 Å². The Bertz CT molecular complexity index is 500. The van der Waals surface area contributed by atoms with E-state index >= 15 is 0 Å². The van der Waals surface area contributed by atoms with Crippen LogP contribution in [0.1, 0.15) is 30.3 Å². The molecule has 2 N–H and O–H groups in total. The molecule has 84 valence electrons. The Morgan fingerprint density at radius 2 is 2.06 bits per heavy atom. The zero-order chi connectivity index (χ0) is 11.7. The first-order chi connectivity index (χ1) is 7.58. The Balaban J connectivity index is 2.48. The molecule has 0 aliphatic carbocycles. The van der Waals surface area contributed by atoms with E-state index in [1.165, 1.54) is 5.56 Å². The van der Waals surface area contributed by atoms with E-state index in [2.05, 4.69) is 44.0 Å². The van der Waals surface area contributed by atoms with E-state index < -0.39 is 0 Å². The van der Waals surface area contributed by atoms with Crippen LogP contribution in [-0.2, 0) is 0 Å². The fraction of sp³-hybridized carbons (Fsp3) is 0.308. The van der Waals surface area contributed by atoms with Crippen LogP contribution < -0.4 is 5.73 Å². The molecule has 0 unspecified atom stereocenters. The predicted molar refractivity (Wildman–Crippen MR) is 70.8 cm³/mol. The number of aromatic nitrogens is 1. The van der Waals surface area contributed by atoms with E-state index in [4.69, 9.17) is 5.73 Å². The summed E-state index contributed by atoms with van der Waals surface area (Å²) in [4.78, 5) is 4.61. The lowest BCUT2D eigenvalue weighted by atomic mass is 10.1. The maximum absolute atomic E-state index is 6.02. The van der Waals surface area contributed by atoms with Crippen LogP contribution in [0.25, 0.3) is 11.3 Å². The minimum atomic E-state index is 0.436. The molecule has 0 aliphatic heterocycles. The SMILES string of the molecule is Cc1cccc(-c2nc(C(C)C)sc2N)c1. The lowest BCUT2D eigenvalue weighted by molar-refractivity contribution is 0.854. The number of anilines is 1. The van der Waals surface area contributed by atoms with E-state index in [0.29, 0.717) is 5.92 Å². The average molecular weight is 232 g/mol. The van der Waals surface area contributed by atoms with Crippen molar-refractivity contribution in [2.75, 3.05) is 5.73 Å². The van der Waals surface area contributed by atoms with Crippen molar-refractivity contribution < 1.29 is 0 Å². The lowest BCUT2D eigenvalue weighted by Crippen LogP contribution is -1.88. The maximum Gasteiger partial charge on any atom is 0.114 e. The molecular formula is C13H16N2S. The minimum absolute atomic E-state index is 0.436. The average Bonchev–Trinajstić information content (AvgIpc) is 2.60. The Labute approximate surface area is 100 Å². The number of benzene rings is 1. The Morgan fingerprint density at radius 1 is 1.31 bits per heavy atom. The van der Waals surface area contributed by atoms with Crippen molar-refractivity contribution in [3.63, 3.8) is 0 Å². The van der Waals surface area contributed by atoms with E-state index in [1.54, 1.807) is 11.3 Å². The molecule has 0 fully saturated rings. The van der Waals surface area contributed by atoms with E-state index in [0.717, 1.165) is 21.3 Å². The molecule has 2 nitrogen and oxygen atoms in total. The molecule has 1 aromatic carbocycles. The summed E-state index contributed by atoms with van der Waals surface area (Å²) >= 11 is 1.59. The van der Waals surface area contributed by atoms with Crippen molar-refractivity contribution in [2.45, 2.75) is 26.7 Å². The monoisotopic (exact) mass is 232 g/mol. The Morgan fingerprint density at radius 3 is 2.62 bits per heavy atom. The second kappa shape index (κ2) is 4.26. The summed E-state index contributed by atoms with van der Waals surface area (Å²) in [7, 11) is 0. The van der Waals surface area contributed by atoms with Crippen LogP contribution in [-0.4, -0.2) is 4.98 Å². The zero-order valence-corrected chi connectivity index (χ0v) is 10.6. The summed E-state index contributed by atoms with van der Waals surface area (Å²) in [5, 5.41) is 1.92. The minimum Gasteiger partial charge on any atom is -0.389 e. The highest BCUT2D eigenvalue weighted by atomic mass is 32.1. The first kappa shape index (κ1) is 11.1. The van der Waals surface area contributed by atoms with Crippen LogP contribution in [0.4, 0.5) is 5.00 Å². The Kier molecular flexibility index (Phi) is 2.97.